The molecular formula is C12H23NO2S. The van der Waals surface area contributed by atoms with Crippen LogP contribution in [0.5, 0.6) is 0 Å². The number of esters is 1. The van der Waals surface area contributed by atoms with Crippen LogP contribution in [0.1, 0.15) is 32.1 Å². The van der Waals surface area contributed by atoms with Gasteiger partial charge in [0, 0.05) is 6.54 Å². The first-order valence-electron chi connectivity index (χ1n) is 5.96. The number of rotatable bonds is 8. The molecule has 0 spiro atoms. The summed E-state index contributed by atoms with van der Waals surface area (Å²) in [4.78, 5) is 11.9. The largest absolute Gasteiger partial charge is 0.469 e. The van der Waals surface area contributed by atoms with Crippen molar-refractivity contribution >= 4 is 17.7 Å². The maximum absolute atomic E-state index is 11.9. The molecule has 3 nitrogen and oxygen atoms in total. The summed E-state index contributed by atoms with van der Waals surface area (Å²) in [5.41, 5.74) is 5.42. The summed E-state index contributed by atoms with van der Waals surface area (Å²) in [6, 6.07) is 0. The van der Waals surface area contributed by atoms with E-state index in [4.69, 9.17) is 10.5 Å². The van der Waals surface area contributed by atoms with Gasteiger partial charge in [0.05, 0.1) is 12.5 Å². The monoisotopic (exact) mass is 245 g/mol. The molecule has 1 rings (SSSR count). The van der Waals surface area contributed by atoms with Crippen molar-refractivity contribution in [3.63, 3.8) is 0 Å². The molecule has 0 aromatic heterocycles. The number of thioether (sulfide) groups is 1. The van der Waals surface area contributed by atoms with Crippen LogP contribution in [0.2, 0.25) is 0 Å². The van der Waals surface area contributed by atoms with Crippen LogP contribution in [0.15, 0.2) is 0 Å². The van der Waals surface area contributed by atoms with E-state index < -0.39 is 5.41 Å². The minimum absolute atomic E-state index is 0.108. The van der Waals surface area contributed by atoms with E-state index in [0.29, 0.717) is 12.5 Å². The Morgan fingerprint density at radius 1 is 1.56 bits per heavy atom. The van der Waals surface area contributed by atoms with Crippen LogP contribution in [-0.2, 0) is 9.53 Å². The first-order chi connectivity index (χ1) is 7.68. The average molecular weight is 245 g/mol. The van der Waals surface area contributed by atoms with Crippen molar-refractivity contribution in [1.29, 1.82) is 0 Å². The SMILES string of the molecule is COC(=O)C(CN)(CCCSC)CC1CC1. The van der Waals surface area contributed by atoms with Crippen molar-refractivity contribution in [2.45, 2.75) is 32.1 Å². The zero-order chi connectivity index (χ0) is 12.0. The molecule has 0 amide bonds. The molecule has 1 unspecified atom stereocenters. The number of nitrogens with two attached hydrogens (primary N) is 1. The Morgan fingerprint density at radius 3 is 2.69 bits per heavy atom. The fourth-order valence-corrected chi connectivity index (χ4v) is 2.64. The molecule has 0 saturated heterocycles. The molecule has 4 heteroatoms. The van der Waals surface area contributed by atoms with Gasteiger partial charge in [-0.1, -0.05) is 12.8 Å². The van der Waals surface area contributed by atoms with Crippen molar-refractivity contribution < 1.29 is 9.53 Å². The van der Waals surface area contributed by atoms with Gasteiger partial charge in [-0.3, -0.25) is 4.79 Å². The average Bonchev–Trinajstić information content (AvgIpc) is 3.10. The van der Waals surface area contributed by atoms with Crippen molar-refractivity contribution in [1.82, 2.24) is 0 Å². The van der Waals surface area contributed by atoms with Gasteiger partial charge in [-0.05, 0) is 37.2 Å². The van der Waals surface area contributed by atoms with Gasteiger partial charge in [0.2, 0.25) is 0 Å². The van der Waals surface area contributed by atoms with Crippen LogP contribution in [0.4, 0.5) is 0 Å². The Morgan fingerprint density at radius 2 is 2.25 bits per heavy atom. The maximum Gasteiger partial charge on any atom is 0.313 e. The number of ether oxygens (including phenoxy) is 1. The van der Waals surface area contributed by atoms with Gasteiger partial charge in [0.15, 0.2) is 0 Å². The van der Waals surface area contributed by atoms with Gasteiger partial charge in [0.1, 0.15) is 0 Å². The molecule has 0 aromatic carbocycles. The van der Waals surface area contributed by atoms with Gasteiger partial charge in [-0.15, -0.1) is 0 Å². The molecule has 1 saturated carbocycles. The Labute approximate surface area is 102 Å². The van der Waals surface area contributed by atoms with Crippen LogP contribution in [-0.4, -0.2) is 31.6 Å². The third-order valence-electron chi connectivity index (χ3n) is 3.39. The maximum atomic E-state index is 11.9. The second kappa shape index (κ2) is 6.50. The molecule has 0 bridgehead atoms. The molecule has 1 atom stereocenters. The third kappa shape index (κ3) is 3.67. The fourth-order valence-electron chi connectivity index (χ4n) is 2.20. The van der Waals surface area contributed by atoms with Gasteiger partial charge in [0.25, 0.3) is 0 Å². The molecule has 1 aliphatic rings. The molecule has 2 N–H and O–H groups in total. The molecule has 0 aliphatic heterocycles. The first kappa shape index (κ1) is 13.8. The molecule has 94 valence electrons. The number of hydrogen-bond acceptors (Lipinski definition) is 4. The zero-order valence-corrected chi connectivity index (χ0v) is 11.1. The molecule has 1 fully saturated rings. The van der Waals surface area contributed by atoms with E-state index in [2.05, 4.69) is 6.26 Å². The lowest BCUT2D eigenvalue weighted by Crippen LogP contribution is -2.40. The highest BCUT2D eigenvalue weighted by molar-refractivity contribution is 7.98. The Balaban J connectivity index is 2.58. The zero-order valence-electron chi connectivity index (χ0n) is 10.3. The number of hydrogen-bond donors (Lipinski definition) is 1. The Bertz CT molecular complexity index is 231. The topological polar surface area (TPSA) is 52.3 Å². The summed E-state index contributed by atoms with van der Waals surface area (Å²) < 4.78 is 4.94. The van der Waals surface area contributed by atoms with E-state index in [9.17, 15) is 4.79 Å². The highest BCUT2D eigenvalue weighted by Crippen LogP contribution is 2.43. The lowest BCUT2D eigenvalue weighted by Gasteiger charge is -2.29. The van der Waals surface area contributed by atoms with Crippen LogP contribution in [0.25, 0.3) is 0 Å². The Hall–Kier alpha value is -0.220. The predicted molar refractivity (Wildman–Crippen MR) is 68.5 cm³/mol. The molecule has 0 radical (unpaired) electrons. The molecule has 0 aromatic rings. The third-order valence-corrected chi connectivity index (χ3v) is 4.09. The summed E-state index contributed by atoms with van der Waals surface area (Å²) in [5, 5.41) is 0. The van der Waals surface area contributed by atoms with Crippen molar-refractivity contribution in [2.24, 2.45) is 17.1 Å². The number of methoxy groups -OCH3 is 1. The van der Waals surface area contributed by atoms with E-state index in [-0.39, 0.29) is 5.97 Å². The van der Waals surface area contributed by atoms with Gasteiger partial charge in [-0.25, -0.2) is 0 Å². The summed E-state index contributed by atoms with van der Waals surface area (Å²) in [7, 11) is 1.47. The smallest absolute Gasteiger partial charge is 0.313 e. The van der Waals surface area contributed by atoms with Crippen LogP contribution < -0.4 is 5.73 Å². The van der Waals surface area contributed by atoms with E-state index in [1.807, 2.05) is 11.8 Å². The van der Waals surface area contributed by atoms with Crippen LogP contribution in [0.3, 0.4) is 0 Å². The second-order valence-corrected chi connectivity index (χ2v) is 5.71. The first-order valence-corrected chi connectivity index (χ1v) is 7.35. The summed E-state index contributed by atoms with van der Waals surface area (Å²) in [6.07, 6.45) is 7.42. The van der Waals surface area contributed by atoms with Crippen LogP contribution >= 0.6 is 11.8 Å². The van der Waals surface area contributed by atoms with E-state index >= 15 is 0 Å². The van der Waals surface area contributed by atoms with E-state index in [1.54, 1.807) is 0 Å². The molecular weight excluding hydrogens is 222 g/mol. The highest BCUT2D eigenvalue weighted by Gasteiger charge is 2.42. The fraction of sp³-hybridized carbons (Fsp3) is 0.917. The standard InChI is InChI=1S/C12H23NO2S/c1-15-11(14)12(9-13,6-3-7-16-2)8-10-4-5-10/h10H,3-9,13H2,1-2H3. The molecule has 0 heterocycles. The summed E-state index contributed by atoms with van der Waals surface area (Å²) >= 11 is 1.81. The summed E-state index contributed by atoms with van der Waals surface area (Å²) in [6.45, 7) is 0.421. The van der Waals surface area contributed by atoms with Gasteiger partial charge in [-0.2, -0.15) is 11.8 Å². The summed E-state index contributed by atoms with van der Waals surface area (Å²) in [5.74, 6) is 1.68. The van der Waals surface area contributed by atoms with Crippen molar-refractivity contribution in [3.8, 4) is 0 Å². The van der Waals surface area contributed by atoms with E-state index in [0.717, 1.165) is 25.0 Å². The molecule has 1 aliphatic carbocycles. The van der Waals surface area contributed by atoms with Crippen LogP contribution in [0, 0.1) is 11.3 Å². The number of carbonyl (C=O) groups excluding carboxylic acids is 1. The number of carbonyl (C=O) groups is 1. The lowest BCUT2D eigenvalue weighted by atomic mass is 9.78. The highest BCUT2D eigenvalue weighted by atomic mass is 32.2. The Kier molecular flexibility index (Phi) is 5.62. The normalized spacial score (nSPS) is 19.2. The molecule has 16 heavy (non-hydrogen) atoms. The minimum Gasteiger partial charge on any atom is -0.469 e. The van der Waals surface area contributed by atoms with Crippen molar-refractivity contribution in [3.05, 3.63) is 0 Å². The van der Waals surface area contributed by atoms with Gasteiger partial charge >= 0.3 is 5.97 Å². The van der Waals surface area contributed by atoms with Gasteiger partial charge < -0.3 is 10.5 Å². The van der Waals surface area contributed by atoms with Crippen molar-refractivity contribution in [2.75, 3.05) is 25.7 Å². The predicted octanol–water partition coefficient (Wildman–Crippen LogP) is 2.05. The quantitative estimate of drug-likeness (QED) is 0.525. The second-order valence-electron chi connectivity index (χ2n) is 4.72. The lowest BCUT2D eigenvalue weighted by molar-refractivity contribution is -0.153. The minimum atomic E-state index is -0.411. The van der Waals surface area contributed by atoms with E-state index in [1.165, 1.54) is 20.0 Å².